The minimum absolute atomic E-state index is 0.0244. The van der Waals surface area contributed by atoms with Gasteiger partial charge in [-0.1, -0.05) is 20.8 Å². The second-order valence-corrected chi connectivity index (χ2v) is 5.53. The number of rotatable bonds is 4. The van der Waals surface area contributed by atoms with Crippen LogP contribution in [0, 0.1) is 16.7 Å². The van der Waals surface area contributed by atoms with Gasteiger partial charge in [0.15, 0.2) is 0 Å². The van der Waals surface area contributed by atoms with Gasteiger partial charge in [-0.2, -0.15) is 5.26 Å². The standard InChI is InChI=1S/C13H19N3O2/c1-13(2,3)5-11(8-17)16-12(18)9-4-10(6-14)15-7-9/h4,7,11,15,17H,5,8H2,1-3H3,(H,16,18). The van der Waals surface area contributed by atoms with E-state index < -0.39 is 0 Å². The van der Waals surface area contributed by atoms with E-state index in [-0.39, 0.29) is 24.0 Å². The maximum atomic E-state index is 11.9. The summed E-state index contributed by atoms with van der Waals surface area (Å²) in [4.78, 5) is 14.6. The number of aromatic nitrogens is 1. The van der Waals surface area contributed by atoms with Crippen molar-refractivity contribution in [2.24, 2.45) is 5.41 Å². The number of aliphatic hydroxyl groups excluding tert-OH is 1. The van der Waals surface area contributed by atoms with Crippen LogP contribution in [0.4, 0.5) is 0 Å². The summed E-state index contributed by atoms with van der Waals surface area (Å²) in [5.41, 5.74) is 0.770. The lowest BCUT2D eigenvalue weighted by Crippen LogP contribution is -2.39. The molecular formula is C13H19N3O2. The summed E-state index contributed by atoms with van der Waals surface area (Å²) in [7, 11) is 0. The van der Waals surface area contributed by atoms with E-state index in [1.54, 1.807) is 0 Å². The molecule has 1 atom stereocenters. The van der Waals surface area contributed by atoms with Crippen molar-refractivity contribution in [3.63, 3.8) is 0 Å². The first kappa shape index (κ1) is 14.3. The first-order chi connectivity index (χ1) is 8.35. The molecular weight excluding hydrogens is 230 g/mol. The van der Waals surface area contributed by atoms with Gasteiger partial charge in [-0.05, 0) is 17.9 Å². The Kier molecular flexibility index (Phi) is 4.51. The van der Waals surface area contributed by atoms with Crippen LogP contribution in [0.15, 0.2) is 12.3 Å². The molecule has 1 unspecified atom stereocenters. The molecule has 0 spiro atoms. The molecule has 0 saturated carbocycles. The van der Waals surface area contributed by atoms with Gasteiger partial charge in [-0.25, -0.2) is 0 Å². The van der Waals surface area contributed by atoms with Crippen molar-refractivity contribution in [1.29, 1.82) is 5.26 Å². The molecule has 1 heterocycles. The third kappa shape index (κ3) is 4.22. The van der Waals surface area contributed by atoms with Crippen LogP contribution in [0.5, 0.6) is 0 Å². The number of hydrogen-bond donors (Lipinski definition) is 3. The molecule has 1 aromatic rings. The van der Waals surface area contributed by atoms with E-state index in [4.69, 9.17) is 5.26 Å². The van der Waals surface area contributed by atoms with Crippen LogP contribution < -0.4 is 5.32 Å². The first-order valence-electron chi connectivity index (χ1n) is 5.86. The van der Waals surface area contributed by atoms with Gasteiger partial charge < -0.3 is 15.4 Å². The number of carbonyl (C=O) groups is 1. The zero-order chi connectivity index (χ0) is 13.8. The molecule has 0 saturated heterocycles. The molecule has 5 heteroatoms. The van der Waals surface area contributed by atoms with Crippen molar-refractivity contribution >= 4 is 5.91 Å². The highest BCUT2D eigenvalue weighted by Crippen LogP contribution is 2.20. The lowest BCUT2D eigenvalue weighted by molar-refractivity contribution is 0.0898. The Balaban J connectivity index is 2.65. The summed E-state index contributed by atoms with van der Waals surface area (Å²) in [5, 5.41) is 20.7. The van der Waals surface area contributed by atoms with Crippen molar-refractivity contribution < 1.29 is 9.90 Å². The van der Waals surface area contributed by atoms with Gasteiger partial charge in [0.2, 0.25) is 0 Å². The lowest BCUT2D eigenvalue weighted by atomic mass is 9.88. The highest BCUT2D eigenvalue weighted by Gasteiger charge is 2.20. The SMILES string of the molecule is CC(C)(C)CC(CO)NC(=O)c1c[nH]c(C#N)c1. The van der Waals surface area contributed by atoms with Crippen LogP contribution in [0.2, 0.25) is 0 Å². The summed E-state index contributed by atoms with van der Waals surface area (Å²) >= 11 is 0. The Bertz CT molecular complexity index is 452. The number of nitriles is 1. The maximum absolute atomic E-state index is 11.9. The molecule has 3 N–H and O–H groups in total. The van der Waals surface area contributed by atoms with Crippen LogP contribution in [0.3, 0.4) is 0 Å². The number of H-pyrrole nitrogens is 1. The molecule has 0 bridgehead atoms. The molecule has 0 fully saturated rings. The minimum Gasteiger partial charge on any atom is -0.394 e. The van der Waals surface area contributed by atoms with E-state index >= 15 is 0 Å². The summed E-state index contributed by atoms with van der Waals surface area (Å²) in [6.07, 6.45) is 2.17. The zero-order valence-electron chi connectivity index (χ0n) is 10.9. The number of aliphatic hydroxyl groups is 1. The van der Waals surface area contributed by atoms with Crippen LogP contribution >= 0.6 is 0 Å². The topological polar surface area (TPSA) is 88.9 Å². The zero-order valence-corrected chi connectivity index (χ0v) is 10.9. The van der Waals surface area contributed by atoms with Gasteiger partial charge in [0.1, 0.15) is 11.8 Å². The van der Waals surface area contributed by atoms with Gasteiger partial charge >= 0.3 is 0 Å². The molecule has 0 aromatic carbocycles. The average Bonchev–Trinajstić information content (AvgIpc) is 2.74. The van der Waals surface area contributed by atoms with Gasteiger partial charge in [0.25, 0.3) is 5.91 Å². The minimum atomic E-state index is -0.281. The monoisotopic (exact) mass is 249 g/mol. The number of hydrogen-bond acceptors (Lipinski definition) is 3. The predicted octanol–water partition coefficient (Wildman–Crippen LogP) is 1.41. The van der Waals surface area contributed by atoms with Gasteiger partial charge in [-0.15, -0.1) is 0 Å². The molecule has 18 heavy (non-hydrogen) atoms. The number of aromatic amines is 1. The second kappa shape index (κ2) is 5.69. The Morgan fingerprint density at radius 1 is 1.61 bits per heavy atom. The van der Waals surface area contributed by atoms with Crippen LogP contribution in [-0.4, -0.2) is 28.6 Å². The summed E-state index contributed by atoms with van der Waals surface area (Å²) in [6, 6.07) is 3.13. The number of nitrogens with zero attached hydrogens (tertiary/aromatic N) is 1. The molecule has 1 aromatic heterocycles. The smallest absolute Gasteiger partial charge is 0.253 e. The van der Waals surface area contributed by atoms with Gasteiger partial charge in [0, 0.05) is 6.20 Å². The van der Waals surface area contributed by atoms with E-state index in [1.165, 1.54) is 12.3 Å². The van der Waals surface area contributed by atoms with E-state index in [0.29, 0.717) is 17.7 Å². The van der Waals surface area contributed by atoms with Gasteiger partial charge in [0.05, 0.1) is 18.2 Å². The maximum Gasteiger partial charge on any atom is 0.253 e. The van der Waals surface area contributed by atoms with E-state index in [2.05, 4.69) is 10.3 Å². The summed E-state index contributed by atoms with van der Waals surface area (Å²) < 4.78 is 0. The van der Waals surface area contributed by atoms with E-state index in [1.807, 2.05) is 26.8 Å². The third-order valence-electron chi connectivity index (χ3n) is 2.48. The van der Waals surface area contributed by atoms with E-state index in [9.17, 15) is 9.90 Å². The quantitative estimate of drug-likeness (QED) is 0.753. The Labute approximate surface area is 107 Å². The van der Waals surface area contributed by atoms with Crippen molar-refractivity contribution in [1.82, 2.24) is 10.3 Å². The molecule has 0 radical (unpaired) electrons. The summed E-state index contributed by atoms with van der Waals surface area (Å²) in [5.74, 6) is -0.281. The molecule has 0 aliphatic rings. The second-order valence-electron chi connectivity index (χ2n) is 5.53. The summed E-state index contributed by atoms with van der Waals surface area (Å²) in [6.45, 7) is 6.04. The van der Waals surface area contributed by atoms with Crippen molar-refractivity contribution in [3.8, 4) is 6.07 Å². The highest BCUT2D eigenvalue weighted by molar-refractivity contribution is 5.94. The van der Waals surface area contributed by atoms with Crippen LogP contribution in [0.25, 0.3) is 0 Å². The fourth-order valence-corrected chi connectivity index (χ4v) is 1.76. The molecule has 1 amide bonds. The predicted molar refractivity (Wildman–Crippen MR) is 67.9 cm³/mol. The van der Waals surface area contributed by atoms with Crippen molar-refractivity contribution in [2.45, 2.75) is 33.2 Å². The largest absolute Gasteiger partial charge is 0.394 e. The number of nitrogens with one attached hydrogen (secondary N) is 2. The highest BCUT2D eigenvalue weighted by atomic mass is 16.3. The van der Waals surface area contributed by atoms with E-state index in [0.717, 1.165) is 0 Å². The number of carbonyl (C=O) groups excluding carboxylic acids is 1. The van der Waals surface area contributed by atoms with Gasteiger partial charge in [-0.3, -0.25) is 4.79 Å². The van der Waals surface area contributed by atoms with Crippen molar-refractivity contribution in [3.05, 3.63) is 23.5 Å². The van der Waals surface area contributed by atoms with Crippen LogP contribution in [-0.2, 0) is 0 Å². The molecule has 0 aliphatic heterocycles. The Morgan fingerprint density at radius 3 is 2.72 bits per heavy atom. The molecule has 98 valence electrons. The Morgan fingerprint density at radius 2 is 2.28 bits per heavy atom. The molecule has 1 rings (SSSR count). The fourth-order valence-electron chi connectivity index (χ4n) is 1.76. The number of amides is 1. The van der Waals surface area contributed by atoms with Crippen LogP contribution in [0.1, 0.15) is 43.2 Å². The third-order valence-corrected chi connectivity index (χ3v) is 2.48. The Hall–Kier alpha value is -1.80. The average molecular weight is 249 g/mol. The normalized spacial score (nSPS) is 12.8. The fraction of sp³-hybridized carbons (Fsp3) is 0.538. The molecule has 5 nitrogen and oxygen atoms in total. The lowest BCUT2D eigenvalue weighted by Gasteiger charge is -2.25. The van der Waals surface area contributed by atoms with Crippen molar-refractivity contribution in [2.75, 3.05) is 6.61 Å². The molecule has 0 aliphatic carbocycles. The first-order valence-corrected chi connectivity index (χ1v) is 5.86.